The maximum atomic E-state index is 12.3. The van der Waals surface area contributed by atoms with E-state index in [0.29, 0.717) is 0 Å². The molecule has 0 unspecified atom stereocenters. The smallest absolute Gasteiger partial charge is 0.250 e. The van der Waals surface area contributed by atoms with Gasteiger partial charge in [-0.1, -0.05) is 48.5 Å². The van der Waals surface area contributed by atoms with Crippen LogP contribution in [-0.2, 0) is 9.59 Å². The molecular formula is C25H23N3O2S. The SMILES string of the molecule is Cc1c(NC(=O)C2CC2)cccc1NC(=S)NC(=O)/C=C/c1cccc2ccccc12. The first-order chi connectivity index (χ1) is 15.0. The summed E-state index contributed by atoms with van der Waals surface area (Å²) in [5.41, 5.74) is 3.30. The minimum absolute atomic E-state index is 0.0507. The fraction of sp³-hybridized carbons (Fsp3) is 0.160. The first-order valence-corrected chi connectivity index (χ1v) is 10.6. The van der Waals surface area contributed by atoms with Crippen LogP contribution in [0.3, 0.4) is 0 Å². The number of carbonyl (C=O) groups excluding carboxylic acids is 2. The second kappa shape index (κ2) is 9.10. The molecule has 0 aliphatic heterocycles. The zero-order valence-electron chi connectivity index (χ0n) is 17.1. The zero-order chi connectivity index (χ0) is 21.8. The lowest BCUT2D eigenvalue weighted by Gasteiger charge is -2.14. The van der Waals surface area contributed by atoms with Gasteiger partial charge in [-0.15, -0.1) is 0 Å². The second-order valence-electron chi connectivity index (χ2n) is 7.59. The first kappa shape index (κ1) is 20.8. The number of carbonyl (C=O) groups is 2. The molecule has 5 nitrogen and oxygen atoms in total. The molecule has 3 N–H and O–H groups in total. The molecule has 0 atom stereocenters. The van der Waals surface area contributed by atoms with Gasteiger partial charge in [0.2, 0.25) is 11.8 Å². The number of anilines is 2. The molecule has 1 aliphatic carbocycles. The Balaban J connectivity index is 1.39. The van der Waals surface area contributed by atoms with Crippen LogP contribution in [0.5, 0.6) is 0 Å². The standard InChI is InChI=1S/C25H23N3O2S/c1-16-21(26-24(30)19-12-13-19)10-5-11-22(16)27-25(31)28-23(29)15-14-18-8-4-7-17-6-2-3-9-20(17)18/h2-11,14-15,19H,12-13H2,1H3,(H,26,30)(H2,27,28,29,31)/b15-14+. The number of thiocarbonyl (C=S) groups is 1. The van der Waals surface area contributed by atoms with E-state index >= 15 is 0 Å². The molecule has 3 aromatic carbocycles. The summed E-state index contributed by atoms with van der Waals surface area (Å²) >= 11 is 5.30. The average Bonchev–Trinajstić information content (AvgIpc) is 3.60. The van der Waals surface area contributed by atoms with E-state index < -0.39 is 0 Å². The van der Waals surface area contributed by atoms with Crippen LogP contribution in [0.1, 0.15) is 24.0 Å². The summed E-state index contributed by atoms with van der Waals surface area (Å²) in [5.74, 6) is -0.138. The van der Waals surface area contributed by atoms with Crippen LogP contribution in [0, 0.1) is 12.8 Å². The van der Waals surface area contributed by atoms with E-state index in [9.17, 15) is 9.59 Å². The second-order valence-corrected chi connectivity index (χ2v) is 7.99. The van der Waals surface area contributed by atoms with E-state index in [1.54, 1.807) is 6.08 Å². The Bertz CT molecular complexity index is 1190. The van der Waals surface area contributed by atoms with Gasteiger partial charge in [-0.25, -0.2) is 0 Å². The third-order valence-corrected chi connectivity index (χ3v) is 5.47. The Labute approximate surface area is 186 Å². The van der Waals surface area contributed by atoms with Crippen LogP contribution >= 0.6 is 12.2 Å². The highest BCUT2D eigenvalue weighted by Crippen LogP contribution is 2.31. The van der Waals surface area contributed by atoms with Gasteiger partial charge < -0.3 is 10.6 Å². The minimum atomic E-state index is -0.318. The summed E-state index contributed by atoms with van der Waals surface area (Å²) in [6.07, 6.45) is 5.14. The molecule has 1 aliphatic rings. The molecule has 0 heterocycles. The molecule has 3 aromatic rings. The third-order valence-electron chi connectivity index (χ3n) is 5.26. The molecule has 156 valence electrons. The van der Waals surface area contributed by atoms with Crippen LogP contribution in [0.2, 0.25) is 0 Å². The fourth-order valence-electron chi connectivity index (χ4n) is 3.36. The molecule has 0 spiro atoms. The highest BCUT2D eigenvalue weighted by molar-refractivity contribution is 7.80. The number of hydrogen-bond acceptors (Lipinski definition) is 3. The van der Waals surface area contributed by atoms with E-state index in [-0.39, 0.29) is 22.8 Å². The van der Waals surface area contributed by atoms with Gasteiger partial charge in [-0.05, 0) is 72.1 Å². The molecule has 0 saturated heterocycles. The van der Waals surface area contributed by atoms with Crippen molar-refractivity contribution < 1.29 is 9.59 Å². The van der Waals surface area contributed by atoms with Gasteiger partial charge in [0.1, 0.15) is 0 Å². The molecule has 31 heavy (non-hydrogen) atoms. The average molecular weight is 430 g/mol. The van der Waals surface area contributed by atoms with Crippen molar-refractivity contribution in [3.63, 3.8) is 0 Å². The normalized spacial score (nSPS) is 13.2. The van der Waals surface area contributed by atoms with Crippen molar-refractivity contribution in [1.82, 2.24) is 5.32 Å². The predicted octanol–water partition coefficient (Wildman–Crippen LogP) is 5.02. The Kier molecular flexibility index (Phi) is 6.09. The van der Waals surface area contributed by atoms with Crippen molar-refractivity contribution in [3.05, 3.63) is 77.9 Å². The van der Waals surface area contributed by atoms with Gasteiger partial charge in [-0.3, -0.25) is 14.9 Å². The van der Waals surface area contributed by atoms with E-state index in [1.165, 1.54) is 6.08 Å². The third kappa shape index (κ3) is 5.16. The predicted molar refractivity (Wildman–Crippen MR) is 130 cm³/mol. The number of nitrogens with one attached hydrogen (secondary N) is 3. The number of fused-ring (bicyclic) bond motifs is 1. The van der Waals surface area contributed by atoms with Gasteiger partial charge in [0.15, 0.2) is 5.11 Å². The van der Waals surface area contributed by atoms with Crippen LogP contribution < -0.4 is 16.0 Å². The Morgan fingerprint density at radius 3 is 2.39 bits per heavy atom. The lowest BCUT2D eigenvalue weighted by atomic mass is 10.0. The van der Waals surface area contributed by atoms with Crippen LogP contribution in [0.15, 0.2) is 66.7 Å². The van der Waals surface area contributed by atoms with Gasteiger partial charge in [0, 0.05) is 23.4 Å². The van der Waals surface area contributed by atoms with Crippen molar-refractivity contribution in [2.24, 2.45) is 5.92 Å². The van der Waals surface area contributed by atoms with Crippen LogP contribution in [0.4, 0.5) is 11.4 Å². The van der Waals surface area contributed by atoms with Gasteiger partial charge in [0.05, 0.1) is 0 Å². The highest BCUT2D eigenvalue weighted by Gasteiger charge is 2.29. The number of rotatable bonds is 5. The fourth-order valence-corrected chi connectivity index (χ4v) is 3.57. The summed E-state index contributed by atoms with van der Waals surface area (Å²) in [6, 6.07) is 19.5. The van der Waals surface area contributed by atoms with Gasteiger partial charge in [-0.2, -0.15) is 0 Å². The van der Waals surface area contributed by atoms with Crippen molar-refractivity contribution >= 4 is 57.4 Å². The lowest BCUT2D eigenvalue weighted by molar-refractivity contribution is -0.117. The zero-order valence-corrected chi connectivity index (χ0v) is 18.0. The molecule has 1 fully saturated rings. The summed E-state index contributed by atoms with van der Waals surface area (Å²) in [7, 11) is 0. The Morgan fingerprint density at radius 2 is 1.61 bits per heavy atom. The summed E-state index contributed by atoms with van der Waals surface area (Å²) in [5, 5.41) is 11.1. The molecule has 4 rings (SSSR count). The van der Waals surface area contributed by atoms with E-state index in [1.807, 2.05) is 67.6 Å². The Hall–Kier alpha value is -3.51. The monoisotopic (exact) mass is 429 g/mol. The molecule has 6 heteroatoms. The molecule has 0 aromatic heterocycles. The molecule has 0 radical (unpaired) electrons. The molecule has 2 amide bonds. The number of benzene rings is 3. The van der Waals surface area contributed by atoms with Crippen molar-refractivity contribution in [3.8, 4) is 0 Å². The van der Waals surface area contributed by atoms with E-state index in [0.717, 1.165) is 46.1 Å². The van der Waals surface area contributed by atoms with Crippen LogP contribution in [-0.4, -0.2) is 16.9 Å². The summed E-state index contributed by atoms with van der Waals surface area (Å²) < 4.78 is 0. The van der Waals surface area contributed by atoms with Crippen molar-refractivity contribution in [2.75, 3.05) is 10.6 Å². The quantitative estimate of drug-likeness (QED) is 0.393. The maximum Gasteiger partial charge on any atom is 0.250 e. The summed E-state index contributed by atoms with van der Waals surface area (Å²) in [4.78, 5) is 24.4. The van der Waals surface area contributed by atoms with Gasteiger partial charge >= 0.3 is 0 Å². The summed E-state index contributed by atoms with van der Waals surface area (Å²) in [6.45, 7) is 1.90. The van der Waals surface area contributed by atoms with Crippen molar-refractivity contribution in [2.45, 2.75) is 19.8 Å². The Morgan fingerprint density at radius 1 is 0.935 bits per heavy atom. The maximum absolute atomic E-state index is 12.3. The number of hydrogen-bond donors (Lipinski definition) is 3. The van der Waals surface area contributed by atoms with Crippen molar-refractivity contribution in [1.29, 1.82) is 0 Å². The van der Waals surface area contributed by atoms with Gasteiger partial charge in [0.25, 0.3) is 0 Å². The van der Waals surface area contributed by atoms with Crippen LogP contribution in [0.25, 0.3) is 16.8 Å². The molecule has 0 bridgehead atoms. The largest absolute Gasteiger partial charge is 0.332 e. The lowest BCUT2D eigenvalue weighted by Crippen LogP contribution is -2.33. The van der Waals surface area contributed by atoms with E-state index in [4.69, 9.17) is 12.2 Å². The topological polar surface area (TPSA) is 70.2 Å². The first-order valence-electron chi connectivity index (χ1n) is 10.2. The molecular weight excluding hydrogens is 406 g/mol. The highest BCUT2D eigenvalue weighted by atomic mass is 32.1. The van der Waals surface area contributed by atoms with E-state index in [2.05, 4.69) is 16.0 Å². The number of amides is 2. The minimum Gasteiger partial charge on any atom is -0.332 e. The molecule has 1 saturated carbocycles.